The predicted molar refractivity (Wildman–Crippen MR) is 89.4 cm³/mol. The highest BCUT2D eigenvalue weighted by atomic mass is 79.9. The quantitative estimate of drug-likeness (QED) is 0.813. The zero-order valence-corrected chi connectivity index (χ0v) is 14.0. The van der Waals surface area contributed by atoms with Gasteiger partial charge in [-0.15, -0.1) is 0 Å². The lowest BCUT2D eigenvalue weighted by Crippen LogP contribution is -2.29. The number of hydrogen-bond donors (Lipinski definition) is 1. The van der Waals surface area contributed by atoms with Gasteiger partial charge in [-0.2, -0.15) is 0 Å². The molecule has 3 rings (SSSR count). The number of amides is 1. The topological polar surface area (TPSA) is 56.8 Å². The highest BCUT2D eigenvalue weighted by molar-refractivity contribution is 9.10. The van der Waals surface area contributed by atoms with Crippen LogP contribution in [-0.2, 0) is 0 Å². The summed E-state index contributed by atoms with van der Waals surface area (Å²) < 4.78 is 17.6. The molecule has 1 N–H and O–H groups in total. The van der Waals surface area contributed by atoms with E-state index in [9.17, 15) is 4.79 Å². The van der Waals surface area contributed by atoms with Crippen molar-refractivity contribution in [3.63, 3.8) is 0 Å². The van der Waals surface area contributed by atoms with Gasteiger partial charge in [0, 0.05) is 4.47 Å². The van der Waals surface area contributed by atoms with Gasteiger partial charge in [0.1, 0.15) is 25.6 Å². The summed E-state index contributed by atoms with van der Waals surface area (Å²) in [6.45, 7) is 1.73. The fourth-order valence-electron chi connectivity index (χ4n) is 2.24. The maximum Gasteiger partial charge on any atom is 0.255 e. The summed E-state index contributed by atoms with van der Waals surface area (Å²) in [5, 5.41) is 2.82. The van der Waals surface area contributed by atoms with Crippen LogP contribution in [0.15, 0.2) is 46.9 Å². The minimum absolute atomic E-state index is 0.204. The second-order valence-electron chi connectivity index (χ2n) is 4.89. The van der Waals surface area contributed by atoms with Crippen molar-refractivity contribution in [2.24, 2.45) is 0 Å². The molecule has 0 aromatic heterocycles. The molecular weight excluding hydrogens is 362 g/mol. The van der Waals surface area contributed by atoms with Crippen LogP contribution in [0.5, 0.6) is 17.2 Å². The molecule has 0 saturated carbocycles. The van der Waals surface area contributed by atoms with Crippen molar-refractivity contribution >= 4 is 21.8 Å². The zero-order chi connectivity index (χ0) is 16.1. The van der Waals surface area contributed by atoms with Crippen LogP contribution in [0.25, 0.3) is 0 Å². The maximum absolute atomic E-state index is 12.3. The number of nitrogens with one attached hydrogen (secondary N) is 1. The van der Waals surface area contributed by atoms with E-state index in [1.54, 1.807) is 18.2 Å². The first-order valence-corrected chi connectivity index (χ1v) is 8.08. The monoisotopic (exact) mass is 377 g/mol. The van der Waals surface area contributed by atoms with Gasteiger partial charge >= 0.3 is 0 Å². The minimum Gasteiger partial charge on any atom is -0.492 e. The largest absolute Gasteiger partial charge is 0.492 e. The number of carbonyl (C=O) groups excluding carboxylic acids is 1. The van der Waals surface area contributed by atoms with Gasteiger partial charge in [-0.25, -0.2) is 0 Å². The number of halogens is 1. The molecule has 0 atom stereocenters. The van der Waals surface area contributed by atoms with Gasteiger partial charge in [-0.3, -0.25) is 4.79 Å². The molecule has 0 fully saturated rings. The van der Waals surface area contributed by atoms with Crippen LogP contribution in [0, 0.1) is 0 Å². The Morgan fingerprint density at radius 2 is 2.00 bits per heavy atom. The second kappa shape index (κ2) is 7.37. The second-order valence-corrected chi connectivity index (χ2v) is 5.81. The number of carbonyl (C=O) groups is 1. The first-order chi connectivity index (χ1) is 11.2. The van der Waals surface area contributed by atoms with E-state index < -0.39 is 0 Å². The zero-order valence-electron chi connectivity index (χ0n) is 12.4. The summed E-state index contributed by atoms with van der Waals surface area (Å²) in [4.78, 5) is 12.3. The summed E-state index contributed by atoms with van der Waals surface area (Å²) in [5.74, 6) is 1.66. The van der Waals surface area contributed by atoms with Crippen molar-refractivity contribution in [1.82, 2.24) is 5.32 Å². The highest BCUT2D eigenvalue weighted by Gasteiger charge is 2.19. The number of benzene rings is 2. The molecule has 6 heteroatoms. The molecule has 23 heavy (non-hydrogen) atoms. The summed E-state index contributed by atoms with van der Waals surface area (Å²) in [7, 11) is 0. The van der Waals surface area contributed by atoms with Crippen LogP contribution in [-0.4, -0.2) is 32.3 Å². The fraction of sp³-hybridized carbons (Fsp3) is 0.235. The SMILES string of the molecule is O=C(NCCOc1cccc(Br)c1)c1cccc2c1OCCO2. The summed E-state index contributed by atoms with van der Waals surface area (Å²) in [5.41, 5.74) is 0.477. The third-order valence-electron chi connectivity index (χ3n) is 3.26. The Morgan fingerprint density at radius 1 is 1.17 bits per heavy atom. The normalized spacial score (nSPS) is 12.6. The molecule has 1 aliphatic rings. The molecule has 5 nitrogen and oxygen atoms in total. The molecule has 0 spiro atoms. The van der Waals surface area contributed by atoms with E-state index in [-0.39, 0.29) is 5.91 Å². The van der Waals surface area contributed by atoms with Gasteiger partial charge in [0.15, 0.2) is 11.5 Å². The lowest BCUT2D eigenvalue weighted by Gasteiger charge is -2.20. The summed E-state index contributed by atoms with van der Waals surface area (Å²) in [6, 6.07) is 12.9. The Labute approximate surface area is 142 Å². The Hall–Kier alpha value is -2.21. The van der Waals surface area contributed by atoms with Gasteiger partial charge < -0.3 is 19.5 Å². The molecule has 2 aromatic rings. The lowest BCUT2D eigenvalue weighted by atomic mass is 10.1. The van der Waals surface area contributed by atoms with E-state index in [1.807, 2.05) is 24.3 Å². The predicted octanol–water partition coefficient (Wildman–Crippen LogP) is 3.03. The van der Waals surface area contributed by atoms with Gasteiger partial charge in [0.2, 0.25) is 0 Å². The summed E-state index contributed by atoms with van der Waals surface area (Å²) in [6.07, 6.45) is 0. The van der Waals surface area contributed by atoms with Gasteiger partial charge in [-0.1, -0.05) is 28.1 Å². The van der Waals surface area contributed by atoms with Crippen molar-refractivity contribution < 1.29 is 19.0 Å². The number of hydrogen-bond acceptors (Lipinski definition) is 4. The standard InChI is InChI=1S/C17H16BrNO4/c18-12-3-1-4-13(11-12)21-8-7-19-17(20)14-5-2-6-15-16(14)23-10-9-22-15/h1-6,11H,7-10H2,(H,19,20). The molecule has 0 radical (unpaired) electrons. The Balaban J connectivity index is 1.54. The molecule has 0 unspecified atom stereocenters. The number of fused-ring (bicyclic) bond motifs is 1. The molecule has 0 aliphatic carbocycles. The van der Waals surface area contributed by atoms with Crippen LogP contribution in [0.4, 0.5) is 0 Å². The van der Waals surface area contributed by atoms with Crippen LogP contribution in [0.3, 0.4) is 0 Å². The van der Waals surface area contributed by atoms with E-state index in [2.05, 4.69) is 21.2 Å². The molecule has 2 aromatic carbocycles. The van der Waals surface area contributed by atoms with Crippen molar-refractivity contribution in [1.29, 1.82) is 0 Å². The highest BCUT2D eigenvalue weighted by Crippen LogP contribution is 2.33. The Morgan fingerprint density at radius 3 is 2.87 bits per heavy atom. The van der Waals surface area contributed by atoms with Gasteiger partial charge in [0.05, 0.1) is 12.1 Å². The van der Waals surface area contributed by atoms with E-state index in [1.165, 1.54) is 0 Å². The van der Waals surface area contributed by atoms with Crippen LogP contribution in [0.1, 0.15) is 10.4 Å². The fourth-order valence-corrected chi connectivity index (χ4v) is 2.62. The van der Waals surface area contributed by atoms with Crippen LogP contribution in [0.2, 0.25) is 0 Å². The van der Waals surface area contributed by atoms with Gasteiger partial charge in [0.25, 0.3) is 5.91 Å². The average Bonchev–Trinajstić information content (AvgIpc) is 2.58. The van der Waals surface area contributed by atoms with Gasteiger partial charge in [-0.05, 0) is 30.3 Å². The molecule has 0 saturated heterocycles. The van der Waals surface area contributed by atoms with E-state index in [4.69, 9.17) is 14.2 Å². The Bertz CT molecular complexity index is 705. The van der Waals surface area contributed by atoms with Crippen LogP contribution >= 0.6 is 15.9 Å². The lowest BCUT2D eigenvalue weighted by molar-refractivity contribution is 0.0936. The number of para-hydroxylation sites is 1. The molecule has 1 aliphatic heterocycles. The van der Waals surface area contributed by atoms with Crippen molar-refractivity contribution in [3.8, 4) is 17.2 Å². The average molecular weight is 378 g/mol. The molecular formula is C17H16BrNO4. The van der Waals surface area contributed by atoms with Crippen molar-refractivity contribution in [3.05, 3.63) is 52.5 Å². The molecule has 1 heterocycles. The van der Waals surface area contributed by atoms with Crippen molar-refractivity contribution in [2.75, 3.05) is 26.4 Å². The van der Waals surface area contributed by atoms with Crippen LogP contribution < -0.4 is 19.5 Å². The molecule has 120 valence electrons. The molecule has 0 bridgehead atoms. The number of rotatable bonds is 5. The van der Waals surface area contributed by atoms with E-state index >= 15 is 0 Å². The first kappa shape index (κ1) is 15.7. The van der Waals surface area contributed by atoms with E-state index in [0.29, 0.717) is 43.4 Å². The first-order valence-electron chi connectivity index (χ1n) is 7.29. The third-order valence-corrected chi connectivity index (χ3v) is 3.76. The minimum atomic E-state index is -0.204. The van der Waals surface area contributed by atoms with Crippen molar-refractivity contribution in [2.45, 2.75) is 0 Å². The summed E-state index contributed by atoms with van der Waals surface area (Å²) >= 11 is 3.38. The third kappa shape index (κ3) is 3.96. The Kier molecular flexibility index (Phi) is 5.02. The smallest absolute Gasteiger partial charge is 0.255 e. The van der Waals surface area contributed by atoms with E-state index in [0.717, 1.165) is 10.2 Å². The molecule has 1 amide bonds. The number of ether oxygens (including phenoxy) is 3. The maximum atomic E-state index is 12.3.